The summed E-state index contributed by atoms with van der Waals surface area (Å²) in [6.45, 7) is -0.158. The Hall–Kier alpha value is -1.42. The first-order valence-corrected chi connectivity index (χ1v) is 6.09. The molecule has 1 amide bonds. The Morgan fingerprint density at radius 3 is 2.82 bits per heavy atom. The molecule has 1 aromatic heterocycles. The van der Waals surface area contributed by atoms with Crippen LogP contribution in [0.25, 0.3) is 0 Å². The molecule has 4 N–H and O–H groups in total. The van der Waals surface area contributed by atoms with Gasteiger partial charge in [0.25, 0.3) is 10.0 Å². The molecule has 0 spiro atoms. The Morgan fingerprint density at radius 1 is 1.53 bits per heavy atom. The molecule has 0 fully saturated rings. The number of hydroxylamine groups is 1. The quantitative estimate of drug-likeness (QED) is 0.414. The maximum Gasteiger partial charge on any atom is 0.273 e. The van der Waals surface area contributed by atoms with Crippen molar-refractivity contribution >= 4 is 15.9 Å². The van der Waals surface area contributed by atoms with E-state index in [1.807, 2.05) is 0 Å². The Balaban J connectivity index is 2.49. The molecule has 1 aromatic rings. The highest BCUT2D eigenvalue weighted by Gasteiger charge is 2.15. The maximum atomic E-state index is 11.3. The van der Waals surface area contributed by atoms with Crippen LogP contribution in [0.4, 0.5) is 0 Å². The van der Waals surface area contributed by atoms with Gasteiger partial charge in [-0.2, -0.15) is 5.48 Å². The van der Waals surface area contributed by atoms with Crippen molar-refractivity contribution in [1.82, 2.24) is 10.2 Å². The van der Waals surface area contributed by atoms with Crippen molar-refractivity contribution in [1.29, 1.82) is 0 Å². The van der Waals surface area contributed by atoms with Crippen molar-refractivity contribution < 1.29 is 22.5 Å². The molecular weight excluding hydrogens is 250 g/mol. The fourth-order valence-electron chi connectivity index (χ4n) is 0.943. The van der Waals surface area contributed by atoms with E-state index < -0.39 is 15.9 Å². The van der Waals surface area contributed by atoms with E-state index in [1.54, 1.807) is 0 Å². The van der Waals surface area contributed by atoms with Gasteiger partial charge in [0, 0.05) is 0 Å². The largest absolute Gasteiger partial charge is 0.447 e. The average Bonchev–Trinajstić information content (AvgIpc) is 2.73. The molecule has 96 valence electrons. The number of sulfonamides is 1. The molecule has 0 aromatic carbocycles. The Morgan fingerprint density at radius 2 is 2.24 bits per heavy atom. The molecule has 0 aliphatic rings. The third-order valence-electron chi connectivity index (χ3n) is 1.73. The van der Waals surface area contributed by atoms with E-state index in [2.05, 4.69) is 15.0 Å². The molecule has 0 aliphatic carbocycles. The number of carbonyl (C=O) groups excluding carboxylic acids is 1. The SMILES string of the molecule is CNS(=O)(=O)c1ccc(CNOCC(N)=O)o1. The number of rotatable bonds is 7. The smallest absolute Gasteiger partial charge is 0.273 e. The first-order valence-electron chi connectivity index (χ1n) is 4.61. The van der Waals surface area contributed by atoms with Gasteiger partial charge in [-0.15, -0.1) is 0 Å². The third kappa shape index (κ3) is 4.15. The van der Waals surface area contributed by atoms with Gasteiger partial charge in [0.2, 0.25) is 11.0 Å². The fraction of sp³-hybridized carbons (Fsp3) is 0.375. The van der Waals surface area contributed by atoms with E-state index in [0.717, 1.165) is 0 Å². The normalized spacial score (nSPS) is 11.6. The molecule has 0 bridgehead atoms. The van der Waals surface area contributed by atoms with Crippen molar-refractivity contribution in [2.75, 3.05) is 13.7 Å². The summed E-state index contributed by atoms with van der Waals surface area (Å²) in [7, 11) is -2.30. The van der Waals surface area contributed by atoms with E-state index >= 15 is 0 Å². The monoisotopic (exact) mass is 263 g/mol. The highest BCUT2D eigenvalue weighted by molar-refractivity contribution is 7.89. The number of hydrogen-bond acceptors (Lipinski definition) is 6. The standard InChI is InChI=1S/C8H13N3O5S/c1-10-17(13,14)8-3-2-6(16-8)4-11-15-5-7(9)12/h2-3,10-11H,4-5H2,1H3,(H2,9,12). The molecule has 1 heterocycles. The topological polar surface area (TPSA) is 124 Å². The molecule has 1 rings (SSSR count). The second-order valence-corrected chi connectivity index (χ2v) is 4.82. The summed E-state index contributed by atoms with van der Waals surface area (Å²) < 4.78 is 29.8. The summed E-state index contributed by atoms with van der Waals surface area (Å²) in [6, 6.07) is 2.79. The fourth-order valence-corrected chi connectivity index (χ4v) is 1.61. The van der Waals surface area contributed by atoms with E-state index in [9.17, 15) is 13.2 Å². The van der Waals surface area contributed by atoms with Crippen molar-refractivity contribution in [3.8, 4) is 0 Å². The maximum absolute atomic E-state index is 11.3. The molecule has 0 aliphatic heterocycles. The number of hydrogen-bond donors (Lipinski definition) is 3. The molecule has 9 heteroatoms. The highest BCUT2D eigenvalue weighted by Crippen LogP contribution is 2.12. The van der Waals surface area contributed by atoms with Gasteiger partial charge in [-0.3, -0.25) is 9.63 Å². The number of primary amides is 1. The lowest BCUT2D eigenvalue weighted by molar-refractivity contribution is -0.125. The van der Waals surface area contributed by atoms with Crippen LogP contribution in [0.3, 0.4) is 0 Å². The van der Waals surface area contributed by atoms with Crippen LogP contribution in [0, 0.1) is 0 Å². The summed E-state index contributed by atoms with van der Waals surface area (Å²) in [5.74, 6) is -0.265. The van der Waals surface area contributed by atoms with Gasteiger partial charge >= 0.3 is 0 Å². The van der Waals surface area contributed by atoms with Gasteiger partial charge in [-0.1, -0.05) is 0 Å². The molecule has 0 radical (unpaired) electrons. The van der Waals surface area contributed by atoms with Crippen LogP contribution in [-0.2, 0) is 26.2 Å². The third-order valence-corrected chi connectivity index (χ3v) is 3.02. The Labute approximate surface area is 98.1 Å². The summed E-state index contributed by atoms with van der Waals surface area (Å²) in [5.41, 5.74) is 7.24. The molecule has 0 unspecified atom stereocenters. The minimum atomic E-state index is -3.58. The van der Waals surface area contributed by atoms with Crippen molar-refractivity contribution in [2.45, 2.75) is 11.6 Å². The summed E-state index contributed by atoms with van der Waals surface area (Å²) in [6.07, 6.45) is 0. The van der Waals surface area contributed by atoms with Crippen LogP contribution < -0.4 is 15.9 Å². The first kappa shape index (κ1) is 13.6. The average molecular weight is 263 g/mol. The van der Waals surface area contributed by atoms with Gasteiger partial charge in [0.15, 0.2) is 0 Å². The molecule has 0 saturated heterocycles. The Bertz CT molecular complexity index is 481. The van der Waals surface area contributed by atoms with Crippen molar-refractivity contribution in [3.05, 3.63) is 17.9 Å². The predicted octanol–water partition coefficient (Wildman–Crippen LogP) is -1.31. The molecule has 17 heavy (non-hydrogen) atoms. The number of carbonyl (C=O) groups is 1. The molecular formula is C8H13N3O5S. The lowest BCUT2D eigenvalue weighted by atomic mass is 10.5. The summed E-state index contributed by atoms with van der Waals surface area (Å²) in [5, 5.41) is -0.188. The second kappa shape index (κ2) is 5.77. The van der Waals surface area contributed by atoms with E-state index in [0.29, 0.717) is 5.76 Å². The van der Waals surface area contributed by atoms with Crippen LogP contribution >= 0.6 is 0 Å². The minimum Gasteiger partial charge on any atom is -0.447 e. The van der Waals surface area contributed by atoms with Gasteiger partial charge < -0.3 is 10.2 Å². The molecule has 0 atom stereocenters. The van der Waals surface area contributed by atoms with Crippen molar-refractivity contribution in [2.24, 2.45) is 5.73 Å². The zero-order valence-electron chi connectivity index (χ0n) is 9.10. The zero-order valence-corrected chi connectivity index (χ0v) is 9.91. The van der Waals surface area contributed by atoms with Gasteiger partial charge in [0.05, 0.1) is 6.54 Å². The Kier molecular flexibility index (Phi) is 4.63. The van der Waals surface area contributed by atoms with Gasteiger partial charge in [0.1, 0.15) is 12.4 Å². The lowest BCUT2D eigenvalue weighted by Crippen LogP contribution is -2.24. The number of amides is 1. The summed E-state index contributed by atoms with van der Waals surface area (Å²) in [4.78, 5) is 15.0. The number of nitrogens with two attached hydrogens (primary N) is 1. The number of nitrogens with one attached hydrogen (secondary N) is 2. The van der Waals surface area contributed by atoms with E-state index in [1.165, 1.54) is 19.2 Å². The van der Waals surface area contributed by atoms with Crippen molar-refractivity contribution in [3.63, 3.8) is 0 Å². The van der Waals surface area contributed by atoms with Gasteiger partial charge in [-0.25, -0.2) is 13.1 Å². The van der Waals surface area contributed by atoms with Crippen LogP contribution in [0.15, 0.2) is 21.6 Å². The zero-order chi connectivity index (χ0) is 12.9. The van der Waals surface area contributed by atoms with Crippen LogP contribution in [-0.4, -0.2) is 28.0 Å². The number of furan rings is 1. The predicted molar refractivity (Wildman–Crippen MR) is 56.9 cm³/mol. The van der Waals surface area contributed by atoms with E-state index in [-0.39, 0.29) is 18.2 Å². The van der Waals surface area contributed by atoms with E-state index in [4.69, 9.17) is 10.2 Å². The van der Waals surface area contributed by atoms with Crippen LogP contribution in [0.5, 0.6) is 0 Å². The summed E-state index contributed by atoms with van der Waals surface area (Å²) >= 11 is 0. The van der Waals surface area contributed by atoms with Crippen LogP contribution in [0.2, 0.25) is 0 Å². The molecule has 8 nitrogen and oxygen atoms in total. The lowest BCUT2D eigenvalue weighted by Gasteiger charge is -2.01. The van der Waals surface area contributed by atoms with Crippen LogP contribution in [0.1, 0.15) is 5.76 Å². The highest BCUT2D eigenvalue weighted by atomic mass is 32.2. The first-order chi connectivity index (χ1) is 7.95. The minimum absolute atomic E-state index is 0.118. The second-order valence-electron chi connectivity index (χ2n) is 3.00. The molecule has 0 saturated carbocycles. The van der Waals surface area contributed by atoms with Gasteiger partial charge in [-0.05, 0) is 19.2 Å².